The lowest BCUT2D eigenvalue weighted by Crippen LogP contribution is -2.35. The Hall–Kier alpha value is -1.27. The zero-order chi connectivity index (χ0) is 14.8. The van der Waals surface area contributed by atoms with Crippen LogP contribution in [0, 0.1) is 0 Å². The molecule has 0 amide bonds. The van der Waals surface area contributed by atoms with Crippen LogP contribution in [-0.4, -0.2) is 40.0 Å². The summed E-state index contributed by atoms with van der Waals surface area (Å²) in [6.45, 7) is 0. The molecule has 0 bridgehead atoms. The molecule has 112 valence electrons. The maximum Gasteiger partial charge on any atom is 0.243 e. The van der Waals surface area contributed by atoms with Crippen molar-refractivity contribution < 1.29 is 17.9 Å². The summed E-state index contributed by atoms with van der Waals surface area (Å²) < 4.78 is 37.0. The lowest BCUT2D eigenvalue weighted by Gasteiger charge is -2.24. The molecule has 0 atom stereocenters. The van der Waals surface area contributed by atoms with Crippen molar-refractivity contribution in [2.24, 2.45) is 0 Å². The molecule has 1 aromatic carbocycles. The number of sulfonamides is 1. The Balaban J connectivity index is 2.33. The molecule has 1 aromatic rings. The van der Waals surface area contributed by atoms with E-state index >= 15 is 0 Å². The fourth-order valence-corrected chi connectivity index (χ4v) is 4.04. The largest absolute Gasteiger partial charge is 0.493 e. The van der Waals surface area contributed by atoms with Crippen LogP contribution in [0.1, 0.15) is 25.7 Å². The standard InChI is InChI=1S/C14H21NO4S/c1-15(11-6-4-5-7-11)20(16,17)12-8-9-13(18-2)14(10-12)19-3/h8-11H,4-7H2,1-3H3. The molecule has 2 rings (SSSR count). The first kappa shape index (κ1) is 15.1. The van der Waals surface area contributed by atoms with E-state index in [9.17, 15) is 8.42 Å². The van der Waals surface area contributed by atoms with Crippen LogP contribution in [0.25, 0.3) is 0 Å². The Morgan fingerprint density at radius 1 is 1.10 bits per heavy atom. The Kier molecular flexibility index (Phi) is 4.55. The molecule has 0 N–H and O–H groups in total. The van der Waals surface area contributed by atoms with Crippen LogP contribution in [0.15, 0.2) is 23.1 Å². The Morgan fingerprint density at radius 3 is 2.25 bits per heavy atom. The van der Waals surface area contributed by atoms with Crippen molar-refractivity contribution in [1.82, 2.24) is 4.31 Å². The smallest absolute Gasteiger partial charge is 0.243 e. The Bertz CT molecular complexity index is 565. The van der Waals surface area contributed by atoms with Crippen molar-refractivity contribution >= 4 is 10.0 Å². The van der Waals surface area contributed by atoms with Gasteiger partial charge in [0.25, 0.3) is 0 Å². The van der Waals surface area contributed by atoms with Crippen LogP contribution in [0.5, 0.6) is 11.5 Å². The van der Waals surface area contributed by atoms with Crippen molar-refractivity contribution in [3.05, 3.63) is 18.2 Å². The highest BCUT2D eigenvalue weighted by Crippen LogP contribution is 2.32. The maximum absolute atomic E-state index is 12.6. The summed E-state index contributed by atoms with van der Waals surface area (Å²) in [6, 6.07) is 4.80. The zero-order valence-corrected chi connectivity index (χ0v) is 12.9. The SMILES string of the molecule is COc1ccc(S(=O)(=O)N(C)C2CCCC2)cc1OC. The highest BCUT2D eigenvalue weighted by Gasteiger charge is 2.30. The van der Waals surface area contributed by atoms with Gasteiger partial charge in [0.05, 0.1) is 19.1 Å². The predicted octanol–water partition coefficient (Wildman–Crippen LogP) is 2.27. The molecular weight excluding hydrogens is 278 g/mol. The molecule has 0 aromatic heterocycles. The summed E-state index contributed by atoms with van der Waals surface area (Å²) in [5, 5.41) is 0. The summed E-state index contributed by atoms with van der Waals surface area (Å²) in [5.41, 5.74) is 0. The fraction of sp³-hybridized carbons (Fsp3) is 0.571. The quantitative estimate of drug-likeness (QED) is 0.837. The second-order valence-corrected chi connectivity index (χ2v) is 6.97. The number of hydrogen-bond donors (Lipinski definition) is 0. The van der Waals surface area contributed by atoms with Gasteiger partial charge in [0.1, 0.15) is 0 Å². The molecule has 0 heterocycles. The van der Waals surface area contributed by atoms with Crippen LogP contribution < -0.4 is 9.47 Å². The van der Waals surface area contributed by atoms with Gasteiger partial charge in [-0.1, -0.05) is 12.8 Å². The molecule has 0 unspecified atom stereocenters. The van der Waals surface area contributed by atoms with Gasteiger partial charge in [-0.2, -0.15) is 4.31 Å². The minimum atomic E-state index is -3.48. The molecule has 1 aliphatic rings. The van der Waals surface area contributed by atoms with E-state index in [1.165, 1.54) is 24.6 Å². The van der Waals surface area contributed by atoms with Crippen molar-refractivity contribution in [3.8, 4) is 11.5 Å². The molecule has 1 fully saturated rings. The molecular formula is C14H21NO4S. The van der Waals surface area contributed by atoms with Crippen molar-refractivity contribution in [1.29, 1.82) is 0 Å². The van der Waals surface area contributed by atoms with Crippen molar-refractivity contribution in [2.45, 2.75) is 36.6 Å². The molecule has 0 spiro atoms. The zero-order valence-electron chi connectivity index (χ0n) is 12.1. The van der Waals surface area contributed by atoms with Crippen molar-refractivity contribution in [2.75, 3.05) is 21.3 Å². The van der Waals surface area contributed by atoms with E-state index < -0.39 is 10.0 Å². The van der Waals surface area contributed by atoms with Crippen LogP contribution in [0.2, 0.25) is 0 Å². The molecule has 1 saturated carbocycles. The molecule has 0 saturated heterocycles. The number of benzene rings is 1. The molecule has 5 nitrogen and oxygen atoms in total. The van der Waals surface area contributed by atoms with Gasteiger partial charge in [0, 0.05) is 19.2 Å². The minimum absolute atomic E-state index is 0.105. The third-order valence-electron chi connectivity index (χ3n) is 3.87. The fourth-order valence-electron chi connectivity index (χ4n) is 2.61. The van der Waals surface area contributed by atoms with Crippen LogP contribution >= 0.6 is 0 Å². The van der Waals surface area contributed by atoms with Gasteiger partial charge in [0.2, 0.25) is 10.0 Å². The van der Waals surface area contributed by atoms with Gasteiger partial charge in [0.15, 0.2) is 11.5 Å². The Morgan fingerprint density at radius 2 is 1.70 bits per heavy atom. The van der Waals surface area contributed by atoms with Crippen LogP contribution in [0.3, 0.4) is 0 Å². The summed E-state index contributed by atoms with van der Waals surface area (Å²) >= 11 is 0. The third-order valence-corrected chi connectivity index (χ3v) is 5.78. The third kappa shape index (κ3) is 2.76. The first-order valence-corrected chi connectivity index (χ1v) is 8.14. The first-order valence-electron chi connectivity index (χ1n) is 6.70. The Labute approximate surface area is 120 Å². The van der Waals surface area contributed by atoms with E-state index in [0.29, 0.717) is 11.5 Å². The molecule has 6 heteroatoms. The minimum Gasteiger partial charge on any atom is -0.493 e. The van der Waals surface area contributed by atoms with Crippen LogP contribution in [-0.2, 0) is 10.0 Å². The van der Waals surface area contributed by atoms with E-state index in [4.69, 9.17) is 9.47 Å². The molecule has 1 aliphatic carbocycles. The van der Waals surface area contributed by atoms with Gasteiger partial charge < -0.3 is 9.47 Å². The molecule has 0 radical (unpaired) electrons. The summed E-state index contributed by atoms with van der Waals surface area (Å²) in [4.78, 5) is 0.240. The molecule has 20 heavy (non-hydrogen) atoms. The summed E-state index contributed by atoms with van der Waals surface area (Å²) in [6.07, 6.45) is 4.05. The van der Waals surface area contributed by atoms with Gasteiger partial charge in [-0.3, -0.25) is 0 Å². The number of nitrogens with zero attached hydrogens (tertiary/aromatic N) is 1. The average molecular weight is 299 g/mol. The van der Waals surface area contributed by atoms with Crippen LogP contribution in [0.4, 0.5) is 0 Å². The lowest BCUT2D eigenvalue weighted by molar-refractivity contribution is 0.352. The van der Waals surface area contributed by atoms with E-state index in [1.54, 1.807) is 19.2 Å². The second-order valence-electron chi connectivity index (χ2n) is 4.98. The number of hydrogen-bond acceptors (Lipinski definition) is 4. The predicted molar refractivity (Wildman–Crippen MR) is 76.8 cm³/mol. The van der Waals surface area contributed by atoms with Gasteiger partial charge in [-0.15, -0.1) is 0 Å². The summed E-state index contributed by atoms with van der Waals surface area (Å²) in [7, 11) is 1.19. The summed E-state index contributed by atoms with van der Waals surface area (Å²) in [5.74, 6) is 0.948. The topological polar surface area (TPSA) is 55.8 Å². The monoisotopic (exact) mass is 299 g/mol. The maximum atomic E-state index is 12.6. The number of methoxy groups -OCH3 is 2. The van der Waals surface area contributed by atoms with E-state index in [0.717, 1.165) is 25.7 Å². The van der Waals surface area contributed by atoms with Gasteiger partial charge >= 0.3 is 0 Å². The van der Waals surface area contributed by atoms with E-state index in [1.807, 2.05) is 0 Å². The van der Waals surface area contributed by atoms with Gasteiger partial charge in [-0.25, -0.2) is 8.42 Å². The average Bonchev–Trinajstić information content (AvgIpc) is 2.99. The normalized spacial score (nSPS) is 16.6. The number of ether oxygens (including phenoxy) is 2. The van der Waals surface area contributed by atoms with Gasteiger partial charge in [-0.05, 0) is 25.0 Å². The first-order chi connectivity index (χ1) is 9.50. The lowest BCUT2D eigenvalue weighted by atomic mass is 10.3. The highest BCUT2D eigenvalue weighted by molar-refractivity contribution is 7.89. The number of rotatable bonds is 5. The highest BCUT2D eigenvalue weighted by atomic mass is 32.2. The van der Waals surface area contributed by atoms with E-state index in [2.05, 4.69) is 0 Å². The molecule has 0 aliphatic heterocycles. The van der Waals surface area contributed by atoms with Crippen molar-refractivity contribution in [3.63, 3.8) is 0 Å². The second kappa shape index (κ2) is 6.01. The van der Waals surface area contributed by atoms with E-state index in [-0.39, 0.29) is 10.9 Å².